The zero-order chi connectivity index (χ0) is 12.6. The van der Waals surface area contributed by atoms with Crippen LogP contribution in [0.3, 0.4) is 0 Å². The number of aliphatic carboxylic acids is 1. The molecule has 16 heavy (non-hydrogen) atoms. The minimum atomic E-state index is -0.931. The maximum absolute atomic E-state index is 10.5. The lowest BCUT2D eigenvalue weighted by Crippen LogP contribution is -2.12. The Morgan fingerprint density at radius 2 is 2.12 bits per heavy atom. The summed E-state index contributed by atoms with van der Waals surface area (Å²) < 4.78 is 0. The Morgan fingerprint density at radius 1 is 1.50 bits per heavy atom. The molecule has 0 aliphatic heterocycles. The molecule has 0 heterocycles. The number of rotatable bonds is 6. The summed E-state index contributed by atoms with van der Waals surface area (Å²) in [4.78, 5) is 14.4. The molecule has 0 unspecified atom stereocenters. The minimum absolute atomic E-state index is 0.713. The Bertz CT molecular complexity index is 362. The average Bonchev–Trinajstić information content (AvgIpc) is 2.25. The van der Waals surface area contributed by atoms with Gasteiger partial charge >= 0.3 is 5.97 Å². The van der Waals surface area contributed by atoms with Crippen molar-refractivity contribution < 1.29 is 9.90 Å². The van der Waals surface area contributed by atoms with Gasteiger partial charge in [0.1, 0.15) is 6.04 Å². The van der Waals surface area contributed by atoms with E-state index in [-0.39, 0.29) is 0 Å². The zero-order valence-electron chi connectivity index (χ0n) is 9.68. The van der Waals surface area contributed by atoms with E-state index in [1.165, 1.54) is 6.92 Å². The lowest BCUT2D eigenvalue weighted by Gasteiger charge is -1.97. The molecule has 0 saturated heterocycles. The molecule has 0 fully saturated rings. The molecule has 0 aliphatic rings. The third-order valence-corrected chi connectivity index (χ3v) is 1.79. The van der Waals surface area contributed by atoms with Crippen molar-refractivity contribution in [3.8, 4) is 0 Å². The smallest absolute Gasteiger partial charge is 0.328 e. The Balaban J connectivity index is 4.35. The number of aliphatic imine (C=N–C) groups is 1. The summed E-state index contributed by atoms with van der Waals surface area (Å²) in [6.07, 6.45) is 8.65. The molecule has 0 radical (unpaired) electrons. The molecule has 0 rings (SSSR count). The van der Waals surface area contributed by atoms with Crippen molar-refractivity contribution in [3.05, 3.63) is 48.6 Å². The van der Waals surface area contributed by atoms with E-state index in [0.717, 1.165) is 11.1 Å². The predicted octanol–water partition coefficient (Wildman–Crippen LogP) is 2.78. The first-order valence-electron chi connectivity index (χ1n) is 4.89. The highest BCUT2D eigenvalue weighted by molar-refractivity contribution is 5.82. The van der Waals surface area contributed by atoms with E-state index in [9.17, 15) is 4.79 Å². The van der Waals surface area contributed by atoms with E-state index in [4.69, 9.17) is 5.11 Å². The fourth-order valence-corrected chi connectivity index (χ4v) is 0.728. The number of hydrogen-bond acceptors (Lipinski definition) is 2. The Hall–Kier alpha value is -1.90. The number of allylic oxidation sites excluding steroid dienone is 6. The molecule has 0 amide bonds. The summed E-state index contributed by atoms with van der Waals surface area (Å²) in [5, 5.41) is 8.61. The van der Waals surface area contributed by atoms with E-state index in [2.05, 4.69) is 18.2 Å². The van der Waals surface area contributed by atoms with Gasteiger partial charge in [-0.2, -0.15) is 0 Å². The summed E-state index contributed by atoms with van der Waals surface area (Å²) in [6.45, 7) is 10.7. The average molecular weight is 219 g/mol. The molecular weight excluding hydrogens is 202 g/mol. The molecule has 86 valence electrons. The van der Waals surface area contributed by atoms with E-state index in [1.807, 2.05) is 25.2 Å². The van der Waals surface area contributed by atoms with Gasteiger partial charge in [0.25, 0.3) is 0 Å². The van der Waals surface area contributed by atoms with Gasteiger partial charge in [0.05, 0.1) is 0 Å². The van der Waals surface area contributed by atoms with Gasteiger partial charge in [0.15, 0.2) is 0 Å². The maximum Gasteiger partial charge on any atom is 0.328 e. The summed E-state index contributed by atoms with van der Waals surface area (Å²) in [6, 6.07) is -0.713. The van der Waals surface area contributed by atoms with Crippen LogP contribution in [0.5, 0.6) is 0 Å². The van der Waals surface area contributed by atoms with Gasteiger partial charge in [-0.15, -0.1) is 0 Å². The van der Waals surface area contributed by atoms with E-state index in [1.54, 1.807) is 12.3 Å². The molecule has 1 N–H and O–H groups in total. The second kappa shape index (κ2) is 7.40. The van der Waals surface area contributed by atoms with Gasteiger partial charge in [-0.1, -0.05) is 37.5 Å². The second-order valence-electron chi connectivity index (χ2n) is 3.34. The third kappa shape index (κ3) is 6.54. The van der Waals surface area contributed by atoms with Crippen molar-refractivity contribution in [1.82, 2.24) is 0 Å². The fraction of sp³-hybridized carbons (Fsp3) is 0.231. The maximum atomic E-state index is 10.5. The summed E-state index contributed by atoms with van der Waals surface area (Å²) in [7, 11) is 0. The number of nitrogens with zero attached hydrogens (tertiary/aromatic N) is 1. The van der Waals surface area contributed by atoms with E-state index >= 15 is 0 Å². The number of carboxylic acid groups (broad SMARTS) is 1. The molecule has 0 aliphatic carbocycles. The Morgan fingerprint density at radius 3 is 2.62 bits per heavy atom. The first kappa shape index (κ1) is 14.1. The van der Waals surface area contributed by atoms with Crippen LogP contribution in [-0.2, 0) is 4.79 Å². The van der Waals surface area contributed by atoms with Gasteiger partial charge in [0, 0.05) is 6.21 Å². The lowest BCUT2D eigenvalue weighted by molar-refractivity contribution is -0.137. The summed E-state index contributed by atoms with van der Waals surface area (Å²) in [5.74, 6) is -0.931. The van der Waals surface area contributed by atoms with Crippen molar-refractivity contribution in [2.24, 2.45) is 4.99 Å². The van der Waals surface area contributed by atoms with Crippen LogP contribution >= 0.6 is 0 Å². The first-order chi connectivity index (χ1) is 7.47. The molecule has 0 bridgehead atoms. The van der Waals surface area contributed by atoms with Crippen LogP contribution in [-0.4, -0.2) is 23.3 Å². The van der Waals surface area contributed by atoms with Crippen molar-refractivity contribution in [3.63, 3.8) is 0 Å². The molecular formula is C13H17NO2. The van der Waals surface area contributed by atoms with Crippen molar-refractivity contribution in [2.45, 2.75) is 19.9 Å². The van der Waals surface area contributed by atoms with Crippen LogP contribution in [0.15, 0.2) is 53.6 Å². The Kier molecular flexibility index (Phi) is 6.52. The highest BCUT2D eigenvalue weighted by Gasteiger charge is 2.05. The molecule has 0 aromatic carbocycles. The number of carboxylic acids is 1. The van der Waals surface area contributed by atoms with Gasteiger partial charge in [0.2, 0.25) is 0 Å². The highest BCUT2D eigenvalue weighted by Crippen LogP contribution is 1.97. The zero-order valence-corrected chi connectivity index (χ0v) is 9.68. The second-order valence-corrected chi connectivity index (χ2v) is 3.34. The summed E-state index contributed by atoms with van der Waals surface area (Å²) in [5.41, 5.74) is 1.70. The normalized spacial score (nSPS) is 14.2. The molecule has 3 nitrogen and oxygen atoms in total. The third-order valence-electron chi connectivity index (χ3n) is 1.79. The highest BCUT2D eigenvalue weighted by atomic mass is 16.4. The molecule has 0 saturated carbocycles. The van der Waals surface area contributed by atoms with Gasteiger partial charge in [-0.05, 0) is 25.0 Å². The molecule has 0 aromatic heterocycles. The van der Waals surface area contributed by atoms with Crippen LogP contribution in [0.2, 0.25) is 0 Å². The van der Waals surface area contributed by atoms with Crippen LogP contribution < -0.4 is 0 Å². The van der Waals surface area contributed by atoms with E-state index in [0.29, 0.717) is 0 Å². The number of hydrogen-bond donors (Lipinski definition) is 1. The van der Waals surface area contributed by atoms with Gasteiger partial charge < -0.3 is 5.11 Å². The largest absolute Gasteiger partial charge is 0.480 e. The summed E-state index contributed by atoms with van der Waals surface area (Å²) >= 11 is 0. The monoisotopic (exact) mass is 219 g/mol. The quantitative estimate of drug-likeness (QED) is 0.551. The van der Waals surface area contributed by atoms with Gasteiger partial charge in [-0.25, -0.2) is 4.79 Å². The molecule has 0 aromatic rings. The standard InChI is InChI=1S/C13H17NO2/c1-5-10(2)7-6-8-11(3)9-14-12(4)13(15)16/h5-9,12H,1-2H2,3-4H3,(H,15,16)/b7-6+,11-8+,14-9?/t12-/m0/s1. The van der Waals surface area contributed by atoms with E-state index < -0.39 is 12.0 Å². The molecule has 0 spiro atoms. The molecule has 1 atom stereocenters. The van der Waals surface area contributed by atoms with Crippen molar-refractivity contribution in [2.75, 3.05) is 0 Å². The molecule has 3 heteroatoms. The first-order valence-corrected chi connectivity index (χ1v) is 4.89. The van der Waals surface area contributed by atoms with Crippen molar-refractivity contribution >= 4 is 12.2 Å². The minimum Gasteiger partial charge on any atom is -0.480 e. The fourth-order valence-electron chi connectivity index (χ4n) is 0.728. The Labute approximate surface area is 96.2 Å². The van der Waals surface area contributed by atoms with Gasteiger partial charge in [-0.3, -0.25) is 4.99 Å². The predicted molar refractivity (Wildman–Crippen MR) is 67.8 cm³/mol. The number of carbonyl (C=O) groups is 1. The lowest BCUT2D eigenvalue weighted by atomic mass is 10.2. The van der Waals surface area contributed by atoms with Crippen LogP contribution in [0, 0.1) is 0 Å². The SMILES string of the molecule is C=CC(=C)/C=C/C=C(\C)C=N[C@@H](C)C(=O)O. The van der Waals surface area contributed by atoms with Crippen LogP contribution in [0.4, 0.5) is 0 Å². The van der Waals surface area contributed by atoms with Crippen LogP contribution in [0.25, 0.3) is 0 Å². The van der Waals surface area contributed by atoms with Crippen LogP contribution in [0.1, 0.15) is 13.8 Å². The van der Waals surface area contributed by atoms with Crippen molar-refractivity contribution in [1.29, 1.82) is 0 Å². The topological polar surface area (TPSA) is 49.7 Å².